The number of furan rings is 1. The molecule has 0 saturated heterocycles. The van der Waals surface area contributed by atoms with E-state index in [-0.39, 0.29) is 35.1 Å². The van der Waals surface area contributed by atoms with Crippen LogP contribution in [0.25, 0.3) is 0 Å². The fourth-order valence-corrected chi connectivity index (χ4v) is 3.08. The Balaban J connectivity index is 1.91. The van der Waals surface area contributed by atoms with Crippen LogP contribution in [-0.4, -0.2) is 25.6 Å². The van der Waals surface area contributed by atoms with Gasteiger partial charge in [-0.3, -0.25) is 10.1 Å². The molecular formula is C18H16BrClN2O5. The Morgan fingerprint density at radius 3 is 2.78 bits per heavy atom. The largest absolute Gasteiger partial charge is 0.492 e. The molecule has 1 heterocycles. The standard InChI is InChI=1S/C18H16BrClN2O5/c1-10-16(18(24)25-2)12(9-21)17(27-10)22-15(23)4-3-7-26-14-6-5-11(20)8-13(14)19/h5-6,8H,3-4,7H2,1-2H3,(H,22,23). The lowest BCUT2D eigenvalue weighted by atomic mass is 10.1. The first-order valence-electron chi connectivity index (χ1n) is 7.86. The van der Waals surface area contributed by atoms with E-state index in [9.17, 15) is 14.9 Å². The summed E-state index contributed by atoms with van der Waals surface area (Å²) in [6, 6.07) is 7.00. The minimum atomic E-state index is -0.699. The second-order valence-corrected chi connectivity index (χ2v) is 6.71. The molecule has 0 bridgehead atoms. The van der Waals surface area contributed by atoms with Crippen LogP contribution in [0.5, 0.6) is 5.75 Å². The lowest BCUT2D eigenvalue weighted by Gasteiger charge is -2.08. The molecule has 0 atom stereocenters. The molecule has 9 heteroatoms. The molecule has 1 aromatic heterocycles. The van der Waals surface area contributed by atoms with Crippen molar-refractivity contribution < 1.29 is 23.5 Å². The average Bonchev–Trinajstić information content (AvgIpc) is 2.94. The summed E-state index contributed by atoms with van der Waals surface area (Å²) in [5.41, 5.74) is -0.0553. The van der Waals surface area contributed by atoms with Crippen LogP contribution in [0.2, 0.25) is 5.02 Å². The van der Waals surface area contributed by atoms with Gasteiger partial charge in [-0.25, -0.2) is 4.79 Å². The lowest BCUT2D eigenvalue weighted by molar-refractivity contribution is -0.116. The van der Waals surface area contributed by atoms with Crippen molar-refractivity contribution in [3.63, 3.8) is 0 Å². The van der Waals surface area contributed by atoms with Gasteiger partial charge >= 0.3 is 5.97 Å². The van der Waals surface area contributed by atoms with Crippen LogP contribution >= 0.6 is 27.5 Å². The zero-order chi connectivity index (χ0) is 20.0. The van der Waals surface area contributed by atoms with Crippen molar-refractivity contribution in [1.29, 1.82) is 5.26 Å². The van der Waals surface area contributed by atoms with Gasteiger partial charge in [0.25, 0.3) is 0 Å². The molecule has 1 N–H and O–H groups in total. The molecule has 27 heavy (non-hydrogen) atoms. The van der Waals surface area contributed by atoms with Crippen LogP contribution in [0.3, 0.4) is 0 Å². The maximum absolute atomic E-state index is 12.1. The van der Waals surface area contributed by atoms with Gasteiger partial charge in [-0.15, -0.1) is 0 Å². The first-order chi connectivity index (χ1) is 12.9. The lowest BCUT2D eigenvalue weighted by Crippen LogP contribution is -2.13. The number of methoxy groups -OCH3 is 1. The second-order valence-electron chi connectivity index (χ2n) is 5.42. The minimum absolute atomic E-state index is 0.00576. The normalized spacial score (nSPS) is 10.2. The number of amides is 1. The highest BCUT2D eigenvalue weighted by Crippen LogP contribution is 2.29. The molecule has 0 saturated carbocycles. The third-order valence-electron chi connectivity index (χ3n) is 3.54. The Bertz CT molecular complexity index is 904. The van der Waals surface area contributed by atoms with E-state index in [2.05, 4.69) is 26.0 Å². The fourth-order valence-electron chi connectivity index (χ4n) is 2.28. The summed E-state index contributed by atoms with van der Waals surface area (Å²) >= 11 is 9.21. The highest BCUT2D eigenvalue weighted by Gasteiger charge is 2.25. The summed E-state index contributed by atoms with van der Waals surface area (Å²) in [5.74, 6) is -0.312. The number of carbonyl (C=O) groups excluding carboxylic acids is 2. The summed E-state index contributed by atoms with van der Waals surface area (Å²) in [6.07, 6.45) is 0.579. The van der Waals surface area contributed by atoms with Crippen LogP contribution in [0.15, 0.2) is 27.1 Å². The number of esters is 1. The number of hydrogen-bond donors (Lipinski definition) is 1. The van der Waals surface area contributed by atoms with Crippen molar-refractivity contribution in [2.45, 2.75) is 19.8 Å². The predicted molar refractivity (Wildman–Crippen MR) is 102 cm³/mol. The number of nitriles is 1. The smallest absolute Gasteiger partial charge is 0.342 e. The molecule has 0 aliphatic carbocycles. The molecule has 2 rings (SSSR count). The number of hydrogen-bond acceptors (Lipinski definition) is 6. The molecule has 0 radical (unpaired) electrons. The Labute approximate surface area is 169 Å². The van der Waals surface area contributed by atoms with Gasteiger partial charge in [0, 0.05) is 11.4 Å². The Morgan fingerprint density at radius 2 is 2.15 bits per heavy atom. The molecular weight excluding hydrogens is 440 g/mol. The van der Waals surface area contributed by atoms with Gasteiger partial charge in [0.05, 0.1) is 18.2 Å². The van der Waals surface area contributed by atoms with E-state index in [4.69, 9.17) is 20.8 Å². The summed E-state index contributed by atoms with van der Waals surface area (Å²) < 4.78 is 16.3. The number of anilines is 1. The van der Waals surface area contributed by atoms with E-state index >= 15 is 0 Å². The molecule has 0 fully saturated rings. The molecule has 1 amide bonds. The molecule has 0 aliphatic heterocycles. The second kappa shape index (κ2) is 9.44. The van der Waals surface area contributed by atoms with Crippen molar-refractivity contribution >= 4 is 45.3 Å². The van der Waals surface area contributed by atoms with Crippen molar-refractivity contribution in [1.82, 2.24) is 0 Å². The maximum Gasteiger partial charge on any atom is 0.342 e. The predicted octanol–water partition coefficient (Wildman–Crippen LogP) is 4.46. The first-order valence-corrected chi connectivity index (χ1v) is 9.04. The van der Waals surface area contributed by atoms with Crippen LogP contribution in [0, 0.1) is 18.3 Å². The van der Waals surface area contributed by atoms with Crippen molar-refractivity contribution in [3.8, 4) is 11.8 Å². The molecule has 0 aliphatic rings. The third-order valence-corrected chi connectivity index (χ3v) is 4.39. The summed E-state index contributed by atoms with van der Waals surface area (Å²) in [6.45, 7) is 1.82. The first kappa shape index (κ1) is 20.8. The van der Waals surface area contributed by atoms with Gasteiger partial charge in [0.2, 0.25) is 11.8 Å². The molecule has 7 nitrogen and oxygen atoms in total. The highest BCUT2D eigenvalue weighted by molar-refractivity contribution is 9.10. The molecule has 2 aromatic rings. The van der Waals surface area contributed by atoms with E-state index in [0.29, 0.717) is 23.8 Å². The molecule has 1 aromatic carbocycles. The van der Waals surface area contributed by atoms with Gasteiger partial charge in [0.15, 0.2) is 0 Å². The van der Waals surface area contributed by atoms with E-state index in [1.54, 1.807) is 18.2 Å². The number of carbonyl (C=O) groups is 2. The van der Waals surface area contributed by atoms with Gasteiger partial charge in [-0.1, -0.05) is 11.6 Å². The van der Waals surface area contributed by atoms with Crippen molar-refractivity contribution in [3.05, 3.63) is 44.6 Å². The molecule has 0 unspecified atom stereocenters. The van der Waals surface area contributed by atoms with Crippen molar-refractivity contribution in [2.24, 2.45) is 0 Å². The highest BCUT2D eigenvalue weighted by atomic mass is 79.9. The van der Waals surface area contributed by atoms with Gasteiger partial charge in [-0.2, -0.15) is 5.26 Å². The zero-order valence-corrected chi connectivity index (χ0v) is 16.9. The summed E-state index contributed by atoms with van der Waals surface area (Å²) in [4.78, 5) is 23.8. The van der Waals surface area contributed by atoms with Gasteiger partial charge in [-0.05, 0) is 47.5 Å². The Kier molecular flexibility index (Phi) is 7.28. The van der Waals surface area contributed by atoms with Crippen LogP contribution < -0.4 is 10.1 Å². The summed E-state index contributed by atoms with van der Waals surface area (Å²) in [5, 5.41) is 12.3. The number of benzene rings is 1. The van der Waals surface area contributed by atoms with Crippen molar-refractivity contribution in [2.75, 3.05) is 19.0 Å². The number of nitrogens with one attached hydrogen (secondary N) is 1. The van der Waals surface area contributed by atoms with E-state index in [1.807, 2.05) is 6.07 Å². The SMILES string of the molecule is COC(=O)c1c(C)oc(NC(=O)CCCOc2ccc(Cl)cc2Br)c1C#N. The van der Waals surface area contributed by atoms with Crippen LogP contribution in [0.1, 0.15) is 34.5 Å². The minimum Gasteiger partial charge on any atom is -0.492 e. The number of ether oxygens (including phenoxy) is 2. The average molecular weight is 456 g/mol. The van der Waals surface area contributed by atoms with Gasteiger partial charge in [0.1, 0.15) is 28.7 Å². The third kappa shape index (κ3) is 5.25. The topological polar surface area (TPSA) is 102 Å². The summed E-state index contributed by atoms with van der Waals surface area (Å²) in [7, 11) is 1.20. The number of nitrogens with zero attached hydrogens (tertiary/aromatic N) is 1. The number of aryl methyl sites for hydroxylation is 1. The number of rotatable bonds is 7. The zero-order valence-electron chi connectivity index (χ0n) is 14.6. The monoisotopic (exact) mass is 454 g/mol. The molecule has 142 valence electrons. The fraction of sp³-hybridized carbons (Fsp3) is 0.278. The maximum atomic E-state index is 12.1. The van der Waals surface area contributed by atoms with E-state index < -0.39 is 5.97 Å². The Morgan fingerprint density at radius 1 is 1.41 bits per heavy atom. The quantitative estimate of drug-likeness (QED) is 0.488. The van der Waals surface area contributed by atoms with Crippen LogP contribution in [0.4, 0.5) is 5.88 Å². The van der Waals surface area contributed by atoms with E-state index in [0.717, 1.165) is 4.47 Å². The van der Waals surface area contributed by atoms with E-state index in [1.165, 1.54) is 14.0 Å². The Hall–Kier alpha value is -2.50. The van der Waals surface area contributed by atoms with Crippen LogP contribution in [-0.2, 0) is 9.53 Å². The molecule has 0 spiro atoms. The van der Waals surface area contributed by atoms with Gasteiger partial charge < -0.3 is 13.9 Å². The number of halogens is 2.